The van der Waals surface area contributed by atoms with E-state index in [0.717, 1.165) is 0 Å². The number of rotatable bonds is 1. The first-order valence-electron chi connectivity index (χ1n) is 2.24. The summed E-state index contributed by atoms with van der Waals surface area (Å²) in [6, 6.07) is 0. The molecule has 1 aliphatic heterocycles. The summed E-state index contributed by atoms with van der Waals surface area (Å²) in [6.45, 7) is 0.456. The molecule has 0 spiro atoms. The molecule has 0 fully saturated rings. The van der Waals surface area contributed by atoms with Gasteiger partial charge in [0.1, 0.15) is 6.61 Å². The molecule has 1 rings (SSSR count). The number of ether oxygens (including phenoxy) is 1. The number of carbonyl (C=O) groups excluding carboxylic acids is 1. The first-order chi connectivity index (χ1) is 3.93. The van der Waals surface area contributed by atoms with Crippen molar-refractivity contribution in [1.29, 1.82) is 0 Å². The van der Waals surface area contributed by atoms with Gasteiger partial charge in [0.15, 0.2) is 0 Å². The van der Waals surface area contributed by atoms with E-state index in [1.165, 1.54) is 0 Å². The van der Waals surface area contributed by atoms with E-state index in [0.29, 0.717) is 12.9 Å². The van der Waals surface area contributed by atoms with Crippen LogP contribution in [0.1, 0.15) is 0 Å². The van der Waals surface area contributed by atoms with Crippen LogP contribution in [0.5, 0.6) is 0 Å². The maximum atomic E-state index is 9.87. The fraction of sp³-hybridized carbons (Fsp3) is 0.200. The van der Waals surface area contributed by atoms with Gasteiger partial charge in [0.25, 0.3) is 5.90 Å². The van der Waals surface area contributed by atoms with E-state index in [4.69, 9.17) is 4.74 Å². The molecular formula is C5H5NO2. The van der Waals surface area contributed by atoms with E-state index in [1.807, 2.05) is 0 Å². The van der Waals surface area contributed by atoms with Crippen molar-refractivity contribution in [1.82, 2.24) is 0 Å². The molecule has 0 aromatic rings. The normalized spacial score (nSPS) is 16.8. The second kappa shape index (κ2) is 2.26. The fourth-order valence-corrected chi connectivity index (χ4v) is 0.404. The summed E-state index contributed by atoms with van der Waals surface area (Å²) in [6.07, 6.45) is 3.86. The van der Waals surface area contributed by atoms with Crippen LogP contribution in [0.25, 0.3) is 0 Å². The molecule has 0 saturated carbocycles. The van der Waals surface area contributed by atoms with Crippen LogP contribution in [0.2, 0.25) is 0 Å². The highest BCUT2D eigenvalue weighted by atomic mass is 16.5. The van der Waals surface area contributed by atoms with Gasteiger partial charge in [-0.15, -0.1) is 0 Å². The highest BCUT2D eigenvalue weighted by Crippen LogP contribution is 1.89. The standard InChI is InChI=1S/C5H5NO2/c7-4-5-6-2-1-3-8-5/h1-2,4H,3H2. The van der Waals surface area contributed by atoms with Crippen molar-refractivity contribution in [2.45, 2.75) is 0 Å². The molecule has 1 aliphatic rings. The van der Waals surface area contributed by atoms with Crippen molar-refractivity contribution in [2.24, 2.45) is 4.99 Å². The van der Waals surface area contributed by atoms with E-state index in [2.05, 4.69) is 4.99 Å². The second-order valence-electron chi connectivity index (χ2n) is 1.28. The zero-order valence-corrected chi connectivity index (χ0v) is 4.20. The number of carbonyl (C=O) groups is 1. The lowest BCUT2D eigenvalue weighted by atomic mass is 10.6. The predicted octanol–water partition coefficient (Wildman–Crippen LogP) is 0.128. The average molecular weight is 111 g/mol. The minimum atomic E-state index is 0.160. The Morgan fingerprint density at radius 2 is 2.75 bits per heavy atom. The Bertz CT molecular complexity index is 149. The predicted molar refractivity (Wildman–Crippen MR) is 28.6 cm³/mol. The molecule has 8 heavy (non-hydrogen) atoms. The van der Waals surface area contributed by atoms with Gasteiger partial charge in [0.2, 0.25) is 6.29 Å². The summed E-state index contributed by atoms with van der Waals surface area (Å²) in [4.78, 5) is 13.5. The Labute approximate surface area is 46.7 Å². The van der Waals surface area contributed by atoms with Crippen LogP contribution in [0.4, 0.5) is 0 Å². The van der Waals surface area contributed by atoms with E-state index >= 15 is 0 Å². The SMILES string of the molecule is O=CC1=NC=CCO1. The van der Waals surface area contributed by atoms with Gasteiger partial charge in [0, 0.05) is 6.20 Å². The molecule has 3 nitrogen and oxygen atoms in total. The van der Waals surface area contributed by atoms with Crippen molar-refractivity contribution < 1.29 is 9.53 Å². The highest BCUT2D eigenvalue weighted by Gasteiger charge is 1.96. The Balaban J connectivity index is 2.63. The van der Waals surface area contributed by atoms with Gasteiger partial charge < -0.3 is 4.74 Å². The third-order valence-corrected chi connectivity index (χ3v) is 0.735. The molecule has 0 bridgehead atoms. The van der Waals surface area contributed by atoms with E-state index < -0.39 is 0 Å². The highest BCUT2D eigenvalue weighted by molar-refractivity contribution is 6.24. The van der Waals surface area contributed by atoms with Gasteiger partial charge in [-0.25, -0.2) is 4.99 Å². The number of nitrogens with zero attached hydrogens (tertiary/aromatic N) is 1. The molecule has 0 unspecified atom stereocenters. The third-order valence-electron chi connectivity index (χ3n) is 0.735. The topological polar surface area (TPSA) is 38.7 Å². The molecule has 0 radical (unpaired) electrons. The van der Waals surface area contributed by atoms with Crippen LogP contribution in [0.15, 0.2) is 17.3 Å². The van der Waals surface area contributed by atoms with Crippen LogP contribution < -0.4 is 0 Å². The lowest BCUT2D eigenvalue weighted by Crippen LogP contribution is -2.08. The van der Waals surface area contributed by atoms with Gasteiger partial charge in [-0.3, -0.25) is 4.79 Å². The van der Waals surface area contributed by atoms with Crippen molar-refractivity contribution in [3.8, 4) is 0 Å². The van der Waals surface area contributed by atoms with Crippen molar-refractivity contribution in [3.63, 3.8) is 0 Å². The smallest absolute Gasteiger partial charge is 0.254 e. The maximum Gasteiger partial charge on any atom is 0.254 e. The lowest BCUT2D eigenvalue weighted by molar-refractivity contribution is -0.103. The average Bonchev–Trinajstić information content (AvgIpc) is 1.90. The van der Waals surface area contributed by atoms with Gasteiger partial charge in [-0.1, -0.05) is 0 Å². The summed E-state index contributed by atoms with van der Waals surface area (Å²) in [5.74, 6) is 0.160. The van der Waals surface area contributed by atoms with Gasteiger partial charge in [-0.2, -0.15) is 0 Å². The summed E-state index contributed by atoms with van der Waals surface area (Å²) in [5.41, 5.74) is 0. The second-order valence-corrected chi connectivity index (χ2v) is 1.28. The minimum Gasteiger partial charge on any atom is -0.471 e. The minimum absolute atomic E-state index is 0.160. The van der Waals surface area contributed by atoms with Crippen molar-refractivity contribution in [2.75, 3.05) is 6.61 Å². The number of hydrogen-bond donors (Lipinski definition) is 0. The molecule has 42 valence electrons. The molecule has 0 aromatic carbocycles. The molecule has 0 saturated heterocycles. The maximum absolute atomic E-state index is 9.87. The van der Waals surface area contributed by atoms with Gasteiger partial charge >= 0.3 is 0 Å². The Morgan fingerprint density at radius 3 is 3.12 bits per heavy atom. The first kappa shape index (κ1) is 5.03. The zero-order chi connectivity index (χ0) is 5.82. The summed E-state index contributed by atoms with van der Waals surface area (Å²) in [7, 11) is 0. The van der Waals surface area contributed by atoms with Crippen LogP contribution in [0.3, 0.4) is 0 Å². The van der Waals surface area contributed by atoms with Crippen LogP contribution >= 0.6 is 0 Å². The molecule has 0 atom stereocenters. The third kappa shape index (κ3) is 0.932. The molecule has 0 N–H and O–H groups in total. The molecule has 3 heteroatoms. The first-order valence-corrected chi connectivity index (χ1v) is 2.24. The summed E-state index contributed by atoms with van der Waals surface area (Å²) < 4.78 is 4.72. The zero-order valence-electron chi connectivity index (χ0n) is 4.20. The monoisotopic (exact) mass is 111 g/mol. The number of aliphatic imine (C=N–C) groups is 1. The number of aldehydes is 1. The Hall–Kier alpha value is -1.12. The van der Waals surface area contributed by atoms with Crippen LogP contribution in [0, 0.1) is 0 Å². The molecular weight excluding hydrogens is 106 g/mol. The van der Waals surface area contributed by atoms with E-state index in [1.54, 1.807) is 12.3 Å². The molecule has 0 amide bonds. The summed E-state index contributed by atoms with van der Waals surface area (Å²) >= 11 is 0. The fourth-order valence-electron chi connectivity index (χ4n) is 0.404. The summed E-state index contributed by atoms with van der Waals surface area (Å²) in [5, 5.41) is 0. The lowest BCUT2D eigenvalue weighted by Gasteiger charge is -2.01. The van der Waals surface area contributed by atoms with E-state index in [9.17, 15) is 4.79 Å². The largest absolute Gasteiger partial charge is 0.471 e. The van der Waals surface area contributed by atoms with Gasteiger partial charge in [0.05, 0.1) is 0 Å². The van der Waals surface area contributed by atoms with E-state index in [-0.39, 0.29) is 5.90 Å². The quantitative estimate of drug-likeness (QED) is 0.451. The Morgan fingerprint density at radius 1 is 1.88 bits per heavy atom. The number of hydrogen-bond acceptors (Lipinski definition) is 3. The van der Waals surface area contributed by atoms with Gasteiger partial charge in [-0.05, 0) is 6.08 Å². The van der Waals surface area contributed by atoms with Crippen LogP contribution in [-0.2, 0) is 9.53 Å². The van der Waals surface area contributed by atoms with Crippen molar-refractivity contribution in [3.05, 3.63) is 12.3 Å². The molecule has 0 aromatic heterocycles. The van der Waals surface area contributed by atoms with Crippen LogP contribution in [-0.4, -0.2) is 18.8 Å². The molecule has 0 aliphatic carbocycles. The van der Waals surface area contributed by atoms with Crippen molar-refractivity contribution >= 4 is 12.2 Å². The molecule has 1 heterocycles. The Kier molecular flexibility index (Phi) is 1.42.